The van der Waals surface area contributed by atoms with Crippen molar-refractivity contribution in [3.05, 3.63) is 0 Å². The van der Waals surface area contributed by atoms with Gasteiger partial charge in [-0.3, -0.25) is 0 Å². The molecule has 2 atom stereocenters. The number of hydrogen-bond acceptors (Lipinski definition) is 2. The van der Waals surface area contributed by atoms with Crippen molar-refractivity contribution in [1.82, 2.24) is 5.32 Å². The quantitative estimate of drug-likeness (QED) is 0.609. The van der Waals surface area contributed by atoms with Crippen LogP contribution in [-0.4, -0.2) is 25.3 Å². The van der Waals surface area contributed by atoms with Crippen LogP contribution in [0.3, 0.4) is 0 Å². The van der Waals surface area contributed by atoms with Gasteiger partial charge in [-0.05, 0) is 0 Å². The van der Waals surface area contributed by atoms with Gasteiger partial charge in [-0.2, -0.15) is 0 Å². The maximum Gasteiger partial charge on any atom is 0.0513 e. The molecule has 58 valence electrons. The van der Waals surface area contributed by atoms with Crippen molar-refractivity contribution >= 4 is 0 Å². The average Bonchev–Trinajstić information content (AvgIpc) is 2.40. The molecular formula is C8H15NO. The molecule has 1 N–H and O–H groups in total. The van der Waals surface area contributed by atoms with Crippen LogP contribution in [0.2, 0.25) is 0 Å². The molecule has 2 nitrogen and oxygen atoms in total. The Morgan fingerprint density at radius 3 is 2.40 bits per heavy atom. The fraction of sp³-hybridized carbons (Fsp3) is 1.00. The maximum absolute atomic E-state index is 5.28. The molecule has 0 bridgehead atoms. The lowest BCUT2D eigenvalue weighted by Gasteiger charge is -2.09. The van der Waals surface area contributed by atoms with E-state index in [0.29, 0.717) is 6.04 Å². The fourth-order valence-corrected chi connectivity index (χ4v) is 1.87. The highest BCUT2D eigenvalue weighted by Crippen LogP contribution is 2.44. The fourth-order valence-electron chi connectivity index (χ4n) is 1.87. The molecule has 10 heavy (non-hydrogen) atoms. The molecule has 2 heteroatoms. The number of rotatable bonds is 2. The Morgan fingerprint density at radius 1 is 1.30 bits per heavy atom. The lowest BCUT2D eigenvalue weighted by molar-refractivity contribution is 0.155. The van der Waals surface area contributed by atoms with Crippen LogP contribution in [0.5, 0.6) is 0 Å². The SMILES string of the molecule is CC(C)NC1C2COCC21. The first-order chi connectivity index (χ1) is 4.79. The van der Waals surface area contributed by atoms with E-state index >= 15 is 0 Å². The van der Waals surface area contributed by atoms with Gasteiger partial charge < -0.3 is 10.1 Å². The van der Waals surface area contributed by atoms with Gasteiger partial charge in [0.1, 0.15) is 0 Å². The summed E-state index contributed by atoms with van der Waals surface area (Å²) in [6, 6.07) is 1.42. The standard InChI is InChI=1S/C8H15NO/c1-5(2)9-8-6-3-10-4-7(6)8/h5-9H,3-4H2,1-2H3. The van der Waals surface area contributed by atoms with Crippen molar-refractivity contribution in [3.8, 4) is 0 Å². The zero-order valence-electron chi connectivity index (χ0n) is 6.63. The summed E-state index contributed by atoms with van der Waals surface area (Å²) in [6.45, 7) is 6.40. The van der Waals surface area contributed by atoms with Crippen LogP contribution in [0.15, 0.2) is 0 Å². The van der Waals surface area contributed by atoms with E-state index in [1.54, 1.807) is 0 Å². The first kappa shape index (κ1) is 6.62. The van der Waals surface area contributed by atoms with E-state index in [2.05, 4.69) is 19.2 Å². The summed E-state index contributed by atoms with van der Waals surface area (Å²) in [5, 5.41) is 3.54. The van der Waals surface area contributed by atoms with Crippen LogP contribution in [0.1, 0.15) is 13.8 Å². The minimum absolute atomic E-state index is 0.635. The predicted octanol–water partition coefficient (Wildman–Crippen LogP) is 0.629. The van der Waals surface area contributed by atoms with Crippen LogP contribution in [-0.2, 0) is 4.74 Å². The molecule has 0 aromatic heterocycles. The summed E-state index contributed by atoms with van der Waals surface area (Å²) in [5.74, 6) is 1.70. The van der Waals surface area contributed by atoms with E-state index in [9.17, 15) is 0 Å². The molecule has 0 aromatic rings. The molecule has 0 radical (unpaired) electrons. The van der Waals surface area contributed by atoms with Crippen LogP contribution in [0.25, 0.3) is 0 Å². The minimum Gasteiger partial charge on any atom is -0.381 e. The molecule has 0 spiro atoms. The summed E-state index contributed by atoms with van der Waals surface area (Å²) < 4.78 is 5.28. The van der Waals surface area contributed by atoms with Gasteiger partial charge in [0.15, 0.2) is 0 Å². The molecule has 2 rings (SSSR count). The van der Waals surface area contributed by atoms with E-state index in [1.807, 2.05) is 0 Å². The number of ether oxygens (including phenoxy) is 1. The molecule has 1 saturated carbocycles. The lowest BCUT2D eigenvalue weighted by Crippen LogP contribution is -2.29. The molecule has 1 aliphatic carbocycles. The third-order valence-corrected chi connectivity index (χ3v) is 2.48. The van der Waals surface area contributed by atoms with E-state index in [0.717, 1.165) is 31.1 Å². The second-order valence-corrected chi connectivity index (χ2v) is 3.71. The van der Waals surface area contributed by atoms with Crippen molar-refractivity contribution in [1.29, 1.82) is 0 Å². The summed E-state index contributed by atoms with van der Waals surface area (Å²) in [7, 11) is 0. The van der Waals surface area contributed by atoms with Crippen LogP contribution in [0, 0.1) is 11.8 Å². The van der Waals surface area contributed by atoms with Gasteiger partial charge in [-0.15, -0.1) is 0 Å². The second-order valence-electron chi connectivity index (χ2n) is 3.71. The Morgan fingerprint density at radius 2 is 1.90 bits per heavy atom. The lowest BCUT2D eigenvalue weighted by atomic mass is 10.3. The van der Waals surface area contributed by atoms with Crippen molar-refractivity contribution in [3.63, 3.8) is 0 Å². The van der Waals surface area contributed by atoms with Gasteiger partial charge in [0.25, 0.3) is 0 Å². The van der Waals surface area contributed by atoms with E-state index < -0.39 is 0 Å². The monoisotopic (exact) mass is 141 g/mol. The molecule has 0 amide bonds. The van der Waals surface area contributed by atoms with Crippen molar-refractivity contribution < 1.29 is 4.74 Å². The zero-order chi connectivity index (χ0) is 7.14. The number of fused-ring (bicyclic) bond motifs is 1. The van der Waals surface area contributed by atoms with Gasteiger partial charge in [-0.1, -0.05) is 13.8 Å². The largest absolute Gasteiger partial charge is 0.381 e. The second kappa shape index (κ2) is 2.21. The third-order valence-electron chi connectivity index (χ3n) is 2.48. The Labute approximate surface area is 61.9 Å². The van der Waals surface area contributed by atoms with Gasteiger partial charge in [0, 0.05) is 23.9 Å². The molecule has 2 fully saturated rings. The van der Waals surface area contributed by atoms with E-state index in [4.69, 9.17) is 4.74 Å². The topological polar surface area (TPSA) is 21.3 Å². The van der Waals surface area contributed by atoms with Crippen molar-refractivity contribution in [2.45, 2.75) is 25.9 Å². The van der Waals surface area contributed by atoms with Gasteiger partial charge in [-0.25, -0.2) is 0 Å². The first-order valence-corrected chi connectivity index (χ1v) is 4.13. The van der Waals surface area contributed by atoms with Gasteiger partial charge in [0.05, 0.1) is 13.2 Å². The third kappa shape index (κ3) is 0.956. The molecule has 2 aliphatic rings. The zero-order valence-corrected chi connectivity index (χ0v) is 6.63. The normalized spacial score (nSPS) is 44.1. The average molecular weight is 141 g/mol. The number of nitrogens with one attached hydrogen (secondary N) is 1. The first-order valence-electron chi connectivity index (χ1n) is 4.13. The summed E-state index contributed by atoms with van der Waals surface area (Å²) >= 11 is 0. The van der Waals surface area contributed by atoms with E-state index in [1.165, 1.54) is 0 Å². The summed E-state index contributed by atoms with van der Waals surface area (Å²) in [5.41, 5.74) is 0. The van der Waals surface area contributed by atoms with Crippen LogP contribution < -0.4 is 5.32 Å². The summed E-state index contributed by atoms with van der Waals surface area (Å²) in [4.78, 5) is 0. The van der Waals surface area contributed by atoms with Crippen molar-refractivity contribution in [2.75, 3.05) is 13.2 Å². The molecule has 1 aliphatic heterocycles. The molecule has 1 saturated heterocycles. The van der Waals surface area contributed by atoms with Crippen molar-refractivity contribution in [2.24, 2.45) is 11.8 Å². The molecular weight excluding hydrogens is 126 g/mol. The number of hydrogen-bond donors (Lipinski definition) is 1. The highest BCUT2D eigenvalue weighted by molar-refractivity contribution is 5.06. The smallest absolute Gasteiger partial charge is 0.0513 e. The molecule has 2 unspecified atom stereocenters. The highest BCUT2D eigenvalue weighted by atomic mass is 16.5. The van der Waals surface area contributed by atoms with Gasteiger partial charge >= 0.3 is 0 Å². The Kier molecular flexibility index (Phi) is 1.46. The Hall–Kier alpha value is -0.0800. The minimum atomic E-state index is 0.635. The molecule has 1 heterocycles. The highest BCUT2D eigenvalue weighted by Gasteiger charge is 2.53. The maximum atomic E-state index is 5.28. The summed E-state index contributed by atoms with van der Waals surface area (Å²) in [6.07, 6.45) is 0. The van der Waals surface area contributed by atoms with E-state index in [-0.39, 0.29) is 0 Å². The van der Waals surface area contributed by atoms with Crippen LogP contribution >= 0.6 is 0 Å². The predicted molar refractivity (Wildman–Crippen MR) is 39.9 cm³/mol. The molecule has 0 aromatic carbocycles. The Balaban J connectivity index is 1.79. The Bertz CT molecular complexity index is 125. The van der Waals surface area contributed by atoms with Gasteiger partial charge in [0.2, 0.25) is 0 Å². The van der Waals surface area contributed by atoms with Crippen LogP contribution in [0.4, 0.5) is 0 Å².